The number of allylic oxidation sites excluding steroid dienone is 17. The summed E-state index contributed by atoms with van der Waals surface area (Å²) in [5, 5.41) is 0. The summed E-state index contributed by atoms with van der Waals surface area (Å²) in [6.07, 6.45) is 28.2. The van der Waals surface area contributed by atoms with E-state index < -0.39 is 0 Å². The van der Waals surface area contributed by atoms with Gasteiger partial charge < -0.3 is 0 Å². The molecular weight excluding hydrogens is 901 g/mol. The third kappa shape index (κ3) is 16.5. The van der Waals surface area contributed by atoms with E-state index in [4.69, 9.17) is 0 Å². The van der Waals surface area contributed by atoms with E-state index in [1.54, 1.807) is 5.57 Å². The van der Waals surface area contributed by atoms with Crippen molar-refractivity contribution < 1.29 is 0 Å². The topological polar surface area (TPSA) is 0 Å². The highest BCUT2D eigenvalue weighted by Gasteiger charge is 2.35. The molecule has 0 N–H and O–H groups in total. The van der Waals surface area contributed by atoms with E-state index in [1.807, 2.05) is 44.2 Å². The lowest BCUT2D eigenvalue weighted by atomic mass is 9.76. The molecule has 3 aliphatic carbocycles. The molecule has 0 heteroatoms. The number of fused-ring (bicyclic) bond motifs is 1. The molecule has 3 atom stereocenters. The molecule has 0 bridgehead atoms. The van der Waals surface area contributed by atoms with Gasteiger partial charge in [-0.05, 0) is 157 Å². The van der Waals surface area contributed by atoms with E-state index >= 15 is 0 Å². The van der Waals surface area contributed by atoms with Gasteiger partial charge in [0.15, 0.2) is 0 Å². The largest absolute Gasteiger partial charge is 0.0988 e. The SMILES string of the molecule is C=C/C(=C(\C=C/C)C1C=C(c2ccc(C)cc2)C=CC1C)C(C)CC.C=CC1=C(C=C)C(C)(C)c2cc(CCC)ccc21.CC.CCCC1=C(c2ccccc2C)C=C(c2ccc(C)cc2)CC1.Cc1ccccc1. The number of benzene rings is 5. The molecule has 0 aliphatic heterocycles. The third-order valence-corrected chi connectivity index (χ3v) is 15.0. The van der Waals surface area contributed by atoms with Crippen molar-refractivity contribution in [1.82, 2.24) is 0 Å². The number of hydrogen-bond donors (Lipinski definition) is 0. The predicted octanol–water partition coefficient (Wildman–Crippen LogP) is 22.1. The summed E-state index contributed by atoms with van der Waals surface area (Å²) in [5.41, 5.74) is 24.8. The van der Waals surface area contributed by atoms with Crippen LogP contribution in [0.4, 0.5) is 0 Å². The Morgan fingerprint density at radius 1 is 0.693 bits per heavy atom. The molecule has 75 heavy (non-hydrogen) atoms. The van der Waals surface area contributed by atoms with Crippen molar-refractivity contribution in [2.75, 3.05) is 0 Å². The molecule has 8 rings (SSSR count). The van der Waals surface area contributed by atoms with Gasteiger partial charge in [0.2, 0.25) is 0 Å². The maximum absolute atomic E-state index is 4.11. The zero-order valence-corrected chi connectivity index (χ0v) is 49.0. The molecule has 0 heterocycles. The molecule has 5 aromatic rings. The lowest BCUT2D eigenvalue weighted by Gasteiger charge is -2.28. The highest BCUT2D eigenvalue weighted by atomic mass is 14.4. The van der Waals surface area contributed by atoms with Crippen molar-refractivity contribution >= 4 is 22.3 Å². The Hall–Kier alpha value is -6.50. The lowest BCUT2D eigenvalue weighted by molar-refractivity contribution is 0.568. The molecule has 394 valence electrons. The fourth-order valence-corrected chi connectivity index (χ4v) is 10.5. The first-order valence-corrected chi connectivity index (χ1v) is 28.3. The minimum atomic E-state index is 0.0460. The zero-order chi connectivity index (χ0) is 55.1. The molecule has 0 spiro atoms. The summed E-state index contributed by atoms with van der Waals surface area (Å²) in [7, 11) is 0. The number of rotatable bonds is 14. The van der Waals surface area contributed by atoms with Gasteiger partial charge in [-0.2, -0.15) is 0 Å². The molecule has 5 aromatic carbocycles. The summed E-state index contributed by atoms with van der Waals surface area (Å²) in [6.45, 7) is 42.6. The van der Waals surface area contributed by atoms with Gasteiger partial charge in [0, 0.05) is 11.3 Å². The van der Waals surface area contributed by atoms with Crippen molar-refractivity contribution in [2.24, 2.45) is 17.8 Å². The first-order chi connectivity index (χ1) is 36.1. The van der Waals surface area contributed by atoms with E-state index in [0.29, 0.717) is 17.8 Å². The van der Waals surface area contributed by atoms with Gasteiger partial charge in [-0.25, -0.2) is 0 Å². The highest BCUT2D eigenvalue weighted by molar-refractivity contribution is 5.89. The maximum atomic E-state index is 4.11. The normalized spacial score (nSPS) is 16.9. The van der Waals surface area contributed by atoms with Crippen molar-refractivity contribution in [3.8, 4) is 0 Å². The second-order valence-electron chi connectivity index (χ2n) is 20.9. The smallest absolute Gasteiger partial charge is 0.0158 e. The first-order valence-electron chi connectivity index (χ1n) is 28.3. The van der Waals surface area contributed by atoms with Crippen LogP contribution in [-0.4, -0.2) is 0 Å². The van der Waals surface area contributed by atoms with Crippen LogP contribution in [0.15, 0.2) is 218 Å². The van der Waals surface area contributed by atoms with E-state index in [0.717, 1.165) is 19.3 Å². The Morgan fingerprint density at radius 3 is 1.83 bits per heavy atom. The Bertz CT molecular complexity index is 2850. The Morgan fingerprint density at radius 2 is 1.29 bits per heavy atom. The van der Waals surface area contributed by atoms with Crippen molar-refractivity contribution in [1.29, 1.82) is 0 Å². The van der Waals surface area contributed by atoms with Crippen LogP contribution in [0.2, 0.25) is 0 Å². The fourth-order valence-electron chi connectivity index (χ4n) is 10.5. The van der Waals surface area contributed by atoms with Crippen LogP contribution in [0, 0.1) is 45.4 Å². The van der Waals surface area contributed by atoms with Crippen LogP contribution in [0.3, 0.4) is 0 Å². The third-order valence-electron chi connectivity index (χ3n) is 15.0. The van der Waals surface area contributed by atoms with Crippen molar-refractivity contribution in [3.63, 3.8) is 0 Å². The Labute approximate surface area is 458 Å². The van der Waals surface area contributed by atoms with Crippen LogP contribution in [0.25, 0.3) is 22.3 Å². The van der Waals surface area contributed by atoms with Crippen molar-refractivity contribution in [3.05, 3.63) is 274 Å². The summed E-state index contributed by atoms with van der Waals surface area (Å²) < 4.78 is 0. The van der Waals surface area contributed by atoms with Crippen LogP contribution in [0.5, 0.6) is 0 Å². The quantitative estimate of drug-likeness (QED) is 0.0973. The molecular formula is C75H94. The highest BCUT2D eigenvalue weighted by Crippen LogP contribution is 2.47. The van der Waals surface area contributed by atoms with Crippen LogP contribution in [0.1, 0.15) is 163 Å². The maximum Gasteiger partial charge on any atom is 0.0158 e. The number of aryl methyl sites for hydroxylation is 5. The molecule has 0 radical (unpaired) electrons. The summed E-state index contributed by atoms with van der Waals surface area (Å²) >= 11 is 0. The van der Waals surface area contributed by atoms with Gasteiger partial charge in [0.1, 0.15) is 0 Å². The van der Waals surface area contributed by atoms with E-state index in [1.165, 1.54) is 120 Å². The van der Waals surface area contributed by atoms with Crippen LogP contribution >= 0.6 is 0 Å². The molecule has 0 aromatic heterocycles. The van der Waals surface area contributed by atoms with Crippen LogP contribution in [-0.2, 0) is 11.8 Å². The number of hydrogen-bond acceptors (Lipinski definition) is 0. The first kappa shape index (κ1) is 61.1. The molecule has 0 saturated heterocycles. The second-order valence-corrected chi connectivity index (χ2v) is 20.9. The Kier molecular flexibility index (Phi) is 25.0. The zero-order valence-electron chi connectivity index (χ0n) is 49.0. The van der Waals surface area contributed by atoms with Gasteiger partial charge in [-0.3, -0.25) is 0 Å². The van der Waals surface area contributed by atoms with E-state index in [-0.39, 0.29) is 5.41 Å². The average molecular weight is 996 g/mol. The molecule has 3 unspecified atom stereocenters. The molecule has 3 aliphatic rings. The standard InChI is InChI=1S/C25H32.C23H26.C18H22.C7H8.C2H6/c1-7-10-24(23(9-3)19(5)8-2)25-17-22(16-13-20(25)6)21-14-11-18(4)12-15-21;1-4-7-20-14-15-21(19-12-10-17(2)11-13-19)16-23(20)22-9-6-5-8-18(22)3;1-6-9-13-10-11-15-14(7-2)16(8-3)18(4,5)17(15)12-13;1-7-5-3-2-4-6-7;1-2/h7,9-17,19-20,25H,3,8H2,1-2,4-6H3;5-6,8-13,16H,4,7,14-15H2,1-3H3;7-8,10-12H,2-3,6,9H2,1,4-5H3;2-6H,1H3;1-2H3/b10-7-,24-23-;;;;. The van der Waals surface area contributed by atoms with Crippen molar-refractivity contribution in [2.45, 2.75) is 147 Å². The van der Waals surface area contributed by atoms with Gasteiger partial charge in [-0.1, -0.05) is 293 Å². The van der Waals surface area contributed by atoms with E-state index in [2.05, 4.69) is 248 Å². The minimum absolute atomic E-state index is 0.0460. The fraction of sp³-hybridized carbons (Fsp3) is 0.333. The summed E-state index contributed by atoms with van der Waals surface area (Å²) in [6, 6.07) is 43.7. The predicted molar refractivity (Wildman–Crippen MR) is 337 cm³/mol. The lowest BCUT2D eigenvalue weighted by Crippen LogP contribution is -2.16. The molecule has 0 nitrogen and oxygen atoms in total. The monoisotopic (exact) mass is 995 g/mol. The Balaban J connectivity index is 0.000000226. The second kappa shape index (κ2) is 30.8. The molecule has 0 amide bonds. The van der Waals surface area contributed by atoms with Gasteiger partial charge in [-0.15, -0.1) is 0 Å². The summed E-state index contributed by atoms with van der Waals surface area (Å²) in [5.74, 6) is 1.40. The molecule has 0 saturated carbocycles. The van der Waals surface area contributed by atoms with E-state index in [9.17, 15) is 0 Å². The van der Waals surface area contributed by atoms with Gasteiger partial charge >= 0.3 is 0 Å². The minimum Gasteiger partial charge on any atom is -0.0988 e. The summed E-state index contributed by atoms with van der Waals surface area (Å²) in [4.78, 5) is 0. The van der Waals surface area contributed by atoms with Gasteiger partial charge in [0.05, 0.1) is 0 Å². The van der Waals surface area contributed by atoms with Gasteiger partial charge in [0.25, 0.3) is 0 Å². The van der Waals surface area contributed by atoms with Crippen LogP contribution < -0.4 is 0 Å². The molecule has 0 fully saturated rings. The average Bonchev–Trinajstić information content (AvgIpc) is 3.65.